The van der Waals surface area contributed by atoms with Crippen LogP contribution < -0.4 is 5.32 Å². The zero-order valence-electron chi connectivity index (χ0n) is 12.9. The maximum atomic E-state index is 12.6. The first-order chi connectivity index (χ1) is 9.33. The minimum atomic E-state index is -0.807. The Balaban J connectivity index is 2.09. The molecule has 20 heavy (non-hydrogen) atoms. The van der Waals surface area contributed by atoms with Gasteiger partial charge < -0.3 is 15.0 Å². The van der Waals surface area contributed by atoms with Crippen LogP contribution in [0.5, 0.6) is 0 Å². The number of nitrogens with zero attached hydrogens (tertiary/aromatic N) is 1. The van der Waals surface area contributed by atoms with E-state index >= 15 is 0 Å². The van der Waals surface area contributed by atoms with Crippen LogP contribution in [0.4, 0.5) is 0 Å². The summed E-state index contributed by atoms with van der Waals surface area (Å²) in [5.74, 6) is 0.0743. The van der Waals surface area contributed by atoms with E-state index in [1.54, 1.807) is 18.7 Å². The molecule has 2 unspecified atom stereocenters. The van der Waals surface area contributed by atoms with Gasteiger partial charge in [0.2, 0.25) is 11.8 Å². The van der Waals surface area contributed by atoms with Crippen molar-refractivity contribution in [3.8, 4) is 0 Å². The van der Waals surface area contributed by atoms with Gasteiger partial charge in [0.05, 0.1) is 6.10 Å². The number of hydrogen-bond donors (Lipinski definition) is 1. The van der Waals surface area contributed by atoms with E-state index in [1.165, 1.54) is 0 Å². The Hall–Kier alpha value is -1.10. The lowest BCUT2D eigenvalue weighted by Crippen LogP contribution is -2.69. The van der Waals surface area contributed by atoms with Gasteiger partial charge in [0.15, 0.2) is 0 Å². The number of ether oxygens (including phenoxy) is 1. The number of rotatable bonds is 4. The molecule has 0 aromatic carbocycles. The molecule has 2 heterocycles. The molecule has 114 valence electrons. The fourth-order valence-electron chi connectivity index (χ4n) is 3.12. The molecule has 1 N–H and O–H groups in total. The quantitative estimate of drug-likeness (QED) is 0.846. The van der Waals surface area contributed by atoms with Gasteiger partial charge in [0, 0.05) is 13.2 Å². The monoisotopic (exact) mass is 282 g/mol. The lowest BCUT2D eigenvalue weighted by molar-refractivity contribution is -0.155. The van der Waals surface area contributed by atoms with Crippen molar-refractivity contribution in [3.63, 3.8) is 0 Å². The number of carbonyl (C=O) groups is 2. The van der Waals surface area contributed by atoms with Crippen LogP contribution in [-0.2, 0) is 14.3 Å². The van der Waals surface area contributed by atoms with E-state index in [0.29, 0.717) is 6.54 Å². The van der Waals surface area contributed by atoms with Gasteiger partial charge in [-0.05, 0) is 39.0 Å². The first-order valence-corrected chi connectivity index (χ1v) is 7.57. The van der Waals surface area contributed by atoms with Crippen LogP contribution >= 0.6 is 0 Å². The van der Waals surface area contributed by atoms with Gasteiger partial charge >= 0.3 is 0 Å². The summed E-state index contributed by atoms with van der Waals surface area (Å²) in [6.07, 6.45) is 3.21. The number of carbonyl (C=O) groups excluding carboxylic acids is 2. The maximum absolute atomic E-state index is 12.6. The molecule has 5 nitrogen and oxygen atoms in total. The molecule has 0 saturated carbocycles. The normalized spacial score (nSPS) is 29.9. The largest absolute Gasteiger partial charge is 0.378 e. The number of hydrogen-bond acceptors (Lipinski definition) is 3. The summed E-state index contributed by atoms with van der Waals surface area (Å²) in [5, 5.41) is 2.83. The highest BCUT2D eigenvalue weighted by atomic mass is 16.5. The van der Waals surface area contributed by atoms with E-state index in [1.807, 2.05) is 13.8 Å². The molecular formula is C15H26N2O3. The highest BCUT2D eigenvalue weighted by Crippen LogP contribution is 2.24. The molecule has 0 aromatic heterocycles. The molecule has 2 aliphatic rings. The van der Waals surface area contributed by atoms with Crippen LogP contribution in [0.15, 0.2) is 0 Å². The third-order valence-corrected chi connectivity index (χ3v) is 4.18. The van der Waals surface area contributed by atoms with Gasteiger partial charge in [0.1, 0.15) is 11.6 Å². The van der Waals surface area contributed by atoms with Gasteiger partial charge in [-0.1, -0.05) is 13.8 Å². The Bertz CT molecular complexity index is 387. The third kappa shape index (κ3) is 2.97. The number of nitrogens with one attached hydrogen (secondary N) is 1. The van der Waals surface area contributed by atoms with Crippen LogP contribution in [0, 0.1) is 5.92 Å². The van der Waals surface area contributed by atoms with Crippen LogP contribution in [0.25, 0.3) is 0 Å². The van der Waals surface area contributed by atoms with Gasteiger partial charge in [-0.15, -0.1) is 0 Å². The number of piperazine rings is 1. The van der Waals surface area contributed by atoms with E-state index in [9.17, 15) is 9.59 Å². The Morgan fingerprint density at radius 2 is 2.10 bits per heavy atom. The topological polar surface area (TPSA) is 58.6 Å². The fraction of sp³-hybridized carbons (Fsp3) is 0.867. The van der Waals surface area contributed by atoms with Crippen molar-refractivity contribution >= 4 is 11.8 Å². The lowest BCUT2D eigenvalue weighted by Gasteiger charge is -2.44. The lowest BCUT2D eigenvalue weighted by atomic mass is 9.91. The van der Waals surface area contributed by atoms with Crippen molar-refractivity contribution in [2.75, 3.05) is 13.2 Å². The molecule has 2 rings (SSSR count). The van der Waals surface area contributed by atoms with Crippen LogP contribution in [0.2, 0.25) is 0 Å². The smallest absolute Gasteiger partial charge is 0.248 e. The molecule has 0 aliphatic carbocycles. The van der Waals surface area contributed by atoms with E-state index in [2.05, 4.69) is 5.32 Å². The van der Waals surface area contributed by atoms with Crippen molar-refractivity contribution < 1.29 is 14.3 Å². The minimum absolute atomic E-state index is 0.00815. The summed E-state index contributed by atoms with van der Waals surface area (Å²) >= 11 is 0. The highest BCUT2D eigenvalue weighted by Gasteiger charge is 2.46. The first kappa shape index (κ1) is 15.3. The zero-order chi connectivity index (χ0) is 14.9. The zero-order valence-corrected chi connectivity index (χ0v) is 12.9. The van der Waals surface area contributed by atoms with Gasteiger partial charge in [-0.2, -0.15) is 0 Å². The van der Waals surface area contributed by atoms with E-state index in [4.69, 9.17) is 4.74 Å². The Morgan fingerprint density at radius 3 is 2.65 bits per heavy atom. The summed E-state index contributed by atoms with van der Waals surface area (Å²) in [6.45, 7) is 8.91. The van der Waals surface area contributed by atoms with E-state index in [0.717, 1.165) is 25.9 Å². The molecule has 0 aromatic rings. The average molecular weight is 282 g/mol. The predicted molar refractivity (Wildman–Crippen MR) is 76.2 cm³/mol. The first-order valence-electron chi connectivity index (χ1n) is 7.57. The molecule has 5 heteroatoms. The Morgan fingerprint density at radius 1 is 1.40 bits per heavy atom. The van der Waals surface area contributed by atoms with Crippen LogP contribution in [-0.4, -0.2) is 47.6 Å². The summed E-state index contributed by atoms with van der Waals surface area (Å²) in [6, 6.07) is -0.364. The molecule has 2 aliphatic heterocycles. The molecule has 0 bridgehead atoms. The van der Waals surface area contributed by atoms with Crippen LogP contribution in [0.1, 0.15) is 47.0 Å². The molecule has 2 saturated heterocycles. The van der Waals surface area contributed by atoms with Gasteiger partial charge in [-0.25, -0.2) is 0 Å². The van der Waals surface area contributed by atoms with E-state index < -0.39 is 5.54 Å². The second kappa shape index (κ2) is 5.72. The van der Waals surface area contributed by atoms with Gasteiger partial charge in [0.25, 0.3) is 0 Å². The SMILES string of the molecule is CC(C)C1C(=O)NC(C)(C)C(=O)N1CCC1CCCO1. The summed E-state index contributed by atoms with van der Waals surface area (Å²) in [5.41, 5.74) is -0.807. The van der Waals surface area contributed by atoms with Crippen molar-refractivity contribution in [1.82, 2.24) is 10.2 Å². The van der Waals surface area contributed by atoms with Crippen molar-refractivity contribution in [3.05, 3.63) is 0 Å². The summed E-state index contributed by atoms with van der Waals surface area (Å²) in [7, 11) is 0. The fourth-order valence-corrected chi connectivity index (χ4v) is 3.12. The minimum Gasteiger partial charge on any atom is -0.378 e. The molecule has 2 fully saturated rings. The number of amides is 2. The van der Waals surface area contributed by atoms with Crippen molar-refractivity contribution in [2.45, 2.75) is 64.6 Å². The average Bonchev–Trinajstić information content (AvgIpc) is 2.83. The predicted octanol–water partition coefficient (Wildman–Crippen LogP) is 1.32. The summed E-state index contributed by atoms with van der Waals surface area (Å²) < 4.78 is 5.62. The standard InChI is InChI=1S/C15H26N2O3/c1-10(2)12-13(18)16-15(3,4)14(19)17(12)8-7-11-6-5-9-20-11/h10-12H,5-9H2,1-4H3,(H,16,18). The maximum Gasteiger partial charge on any atom is 0.248 e. The molecule has 2 amide bonds. The Kier molecular flexibility index (Phi) is 4.37. The second-order valence-electron chi connectivity index (χ2n) is 6.73. The van der Waals surface area contributed by atoms with Crippen molar-refractivity contribution in [2.24, 2.45) is 5.92 Å². The third-order valence-electron chi connectivity index (χ3n) is 4.18. The molecular weight excluding hydrogens is 256 g/mol. The van der Waals surface area contributed by atoms with Crippen LogP contribution in [0.3, 0.4) is 0 Å². The van der Waals surface area contributed by atoms with E-state index in [-0.39, 0.29) is 29.9 Å². The Labute approximate surface area is 121 Å². The van der Waals surface area contributed by atoms with Gasteiger partial charge in [-0.3, -0.25) is 9.59 Å². The second-order valence-corrected chi connectivity index (χ2v) is 6.73. The highest BCUT2D eigenvalue weighted by molar-refractivity contribution is 5.99. The summed E-state index contributed by atoms with van der Waals surface area (Å²) in [4.78, 5) is 26.6. The molecule has 0 radical (unpaired) electrons. The molecule has 2 atom stereocenters. The molecule has 0 spiro atoms. The van der Waals surface area contributed by atoms with Crippen molar-refractivity contribution in [1.29, 1.82) is 0 Å².